The number of benzene rings is 1. The lowest BCUT2D eigenvalue weighted by Gasteiger charge is -2.33. The molecule has 2 aliphatic carbocycles. The molecule has 3 aromatic rings. The maximum atomic E-state index is 14.3. The second-order valence-corrected chi connectivity index (χ2v) is 16.4. The Morgan fingerprint density at radius 1 is 1.04 bits per heavy atom. The zero-order valence-electron chi connectivity index (χ0n) is 30.4. The third-order valence-electron chi connectivity index (χ3n) is 9.76. The third kappa shape index (κ3) is 7.69. The summed E-state index contributed by atoms with van der Waals surface area (Å²) in [5.41, 5.74) is -2.20. The van der Waals surface area contributed by atoms with E-state index >= 15 is 0 Å². The molecule has 3 heterocycles. The number of aromatic nitrogens is 4. The summed E-state index contributed by atoms with van der Waals surface area (Å²) in [6.07, 6.45) is 3.68. The minimum absolute atomic E-state index is 0.0216. The minimum atomic E-state index is -3.92. The highest BCUT2D eigenvalue weighted by Crippen LogP contribution is 2.53. The van der Waals surface area contributed by atoms with E-state index in [-0.39, 0.29) is 37.4 Å². The molecule has 3 N–H and O–H groups in total. The minimum Gasteiger partial charge on any atom is -0.497 e. The molecule has 1 aromatic carbocycles. The second-order valence-electron chi connectivity index (χ2n) is 14.4. The molecule has 0 radical (unpaired) electrons. The molecule has 1 aliphatic heterocycles. The van der Waals surface area contributed by atoms with Crippen LogP contribution in [0.2, 0.25) is 0 Å². The summed E-state index contributed by atoms with van der Waals surface area (Å²) in [4.78, 5) is 60.6. The van der Waals surface area contributed by atoms with Gasteiger partial charge >= 0.3 is 12.0 Å². The summed E-state index contributed by atoms with van der Waals surface area (Å²) in [6.45, 7) is 9.31. The Hall–Kier alpha value is -5.10. The first kappa shape index (κ1) is 37.7. The van der Waals surface area contributed by atoms with Crippen LogP contribution in [0.3, 0.4) is 0 Å². The molecule has 2 saturated carbocycles. The number of anilines is 1. The summed E-state index contributed by atoms with van der Waals surface area (Å²) in [5.74, 6) is -1.68. The maximum absolute atomic E-state index is 14.3. The van der Waals surface area contributed by atoms with Crippen LogP contribution in [-0.2, 0) is 24.4 Å². The predicted molar refractivity (Wildman–Crippen MR) is 192 cm³/mol. The van der Waals surface area contributed by atoms with Crippen LogP contribution in [-0.4, -0.2) is 108 Å². The van der Waals surface area contributed by atoms with Crippen molar-refractivity contribution in [1.82, 2.24) is 34.9 Å². The van der Waals surface area contributed by atoms with E-state index in [0.29, 0.717) is 29.9 Å². The number of ether oxygens (including phenoxy) is 4. The smallest absolute Gasteiger partial charge is 0.324 e. The second kappa shape index (κ2) is 14.4. The Labute approximate surface area is 307 Å². The molecule has 5 atom stereocenters. The summed E-state index contributed by atoms with van der Waals surface area (Å²) >= 11 is 0. The Kier molecular flexibility index (Phi) is 10.2. The molecule has 0 spiro atoms. The number of amides is 3. The van der Waals surface area contributed by atoms with Gasteiger partial charge in [-0.1, -0.05) is 26.8 Å². The van der Waals surface area contributed by atoms with E-state index in [1.165, 1.54) is 14.2 Å². The van der Waals surface area contributed by atoms with Crippen LogP contribution in [0.4, 0.5) is 5.95 Å². The number of methoxy groups -OCH3 is 3. The fourth-order valence-electron chi connectivity index (χ4n) is 6.70. The monoisotopic (exact) mass is 752 g/mol. The third-order valence-corrected chi connectivity index (χ3v) is 11.6. The van der Waals surface area contributed by atoms with Crippen LogP contribution in [0.25, 0.3) is 10.8 Å². The van der Waals surface area contributed by atoms with Gasteiger partial charge in [0.05, 0.1) is 32.6 Å². The Morgan fingerprint density at radius 3 is 2.32 bits per heavy atom. The number of hydrogen-bond acceptors (Lipinski definition) is 15. The Bertz CT molecular complexity index is 2010. The van der Waals surface area contributed by atoms with Gasteiger partial charge in [0.25, 0.3) is 5.91 Å². The van der Waals surface area contributed by atoms with Crippen molar-refractivity contribution in [3.05, 3.63) is 43.1 Å². The highest BCUT2D eigenvalue weighted by atomic mass is 32.2. The van der Waals surface area contributed by atoms with Gasteiger partial charge in [-0.3, -0.25) is 29.3 Å². The van der Waals surface area contributed by atoms with E-state index in [1.807, 2.05) is 18.2 Å². The van der Waals surface area contributed by atoms with Crippen LogP contribution >= 0.6 is 0 Å². The van der Waals surface area contributed by atoms with Crippen molar-refractivity contribution in [1.29, 1.82) is 0 Å². The number of imide groups is 1. The highest BCUT2D eigenvalue weighted by Gasteiger charge is 2.67. The van der Waals surface area contributed by atoms with E-state index in [4.69, 9.17) is 18.9 Å². The van der Waals surface area contributed by atoms with Crippen molar-refractivity contribution in [2.45, 2.75) is 75.4 Å². The normalized spacial score (nSPS) is 23.4. The summed E-state index contributed by atoms with van der Waals surface area (Å²) in [5, 5.41) is 6.38. The molecule has 53 heavy (non-hydrogen) atoms. The number of hydrogen-bond donors (Lipinski definition) is 3. The van der Waals surface area contributed by atoms with Gasteiger partial charge in [0.15, 0.2) is 0 Å². The molecule has 3 fully saturated rings. The first-order valence-corrected chi connectivity index (χ1v) is 18.7. The molecular weight excluding hydrogens is 708 g/mol. The van der Waals surface area contributed by atoms with E-state index < -0.39 is 68.1 Å². The molecule has 3 aliphatic rings. The van der Waals surface area contributed by atoms with Crippen LogP contribution in [0.1, 0.15) is 46.5 Å². The number of sulfonamides is 1. The number of fused-ring (bicyclic) bond motifs is 1. The molecule has 6 rings (SSSR count). The van der Waals surface area contributed by atoms with Gasteiger partial charge in [-0.05, 0) is 54.3 Å². The molecule has 2 aromatic heterocycles. The van der Waals surface area contributed by atoms with Gasteiger partial charge in [-0.15, -0.1) is 11.6 Å². The number of pyridine rings is 1. The van der Waals surface area contributed by atoms with E-state index in [9.17, 15) is 22.8 Å². The molecule has 17 nitrogen and oxygen atoms in total. The van der Waals surface area contributed by atoms with Crippen LogP contribution in [0.15, 0.2) is 43.1 Å². The molecular formula is C35H44N8O9S. The van der Waals surface area contributed by atoms with Gasteiger partial charge in [-0.2, -0.15) is 9.97 Å². The Balaban J connectivity index is 1.30. The number of carbonyl (C=O) groups excluding carboxylic acids is 3. The number of likely N-dealkylation sites (tertiary alicyclic amines) is 1. The summed E-state index contributed by atoms with van der Waals surface area (Å²) in [6, 6.07) is 5.01. The van der Waals surface area contributed by atoms with Crippen molar-refractivity contribution in [3.8, 4) is 23.7 Å². The van der Waals surface area contributed by atoms with Crippen LogP contribution in [0.5, 0.6) is 23.7 Å². The van der Waals surface area contributed by atoms with Crippen LogP contribution in [0, 0.1) is 11.3 Å². The molecule has 3 amide bonds. The fraction of sp³-hybridized carbons (Fsp3) is 0.514. The highest BCUT2D eigenvalue weighted by molar-refractivity contribution is 7.91. The average molecular weight is 753 g/mol. The van der Waals surface area contributed by atoms with Gasteiger partial charge in [0.2, 0.25) is 33.7 Å². The zero-order valence-corrected chi connectivity index (χ0v) is 31.2. The van der Waals surface area contributed by atoms with Gasteiger partial charge < -0.3 is 24.3 Å². The lowest BCUT2D eigenvalue weighted by molar-refractivity contribution is -0.136. The van der Waals surface area contributed by atoms with Crippen molar-refractivity contribution >= 4 is 44.5 Å². The van der Waals surface area contributed by atoms with E-state index in [0.717, 1.165) is 5.39 Å². The molecule has 0 bridgehead atoms. The summed E-state index contributed by atoms with van der Waals surface area (Å²) in [7, 11) is 0.392. The van der Waals surface area contributed by atoms with Crippen molar-refractivity contribution in [3.63, 3.8) is 0 Å². The Morgan fingerprint density at radius 2 is 1.74 bits per heavy atom. The van der Waals surface area contributed by atoms with Crippen LogP contribution < -0.4 is 34.3 Å². The summed E-state index contributed by atoms with van der Waals surface area (Å²) < 4.78 is 50.2. The average Bonchev–Trinajstić information content (AvgIpc) is 4.06. The quantitative estimate of drug-likeness (QED) is 0.201. The number of rotatable bonds is 14. The topological polar surface area (TPSA) is 213 Å². The van der Waals surface area contributed by atoms with E-state index in [2.05, 4.69) is 41.9 Å². The predicted octanol–water partition coefficient (Wildman–Crippen LogP) is 1.99. The van der Waals surface area contributed by atoms with Crippen molar-refractivity contribution in [2.24, 2.45) is 11.3 Å². The maximum Gasteiger partial charge on any atom is 0.324 e. The first-order valence-electron chi connectivity index (χ1n) is 17.1. The lowest BCUT2D eigenvalue weighted by atomic mass is 9.86. The lowest BCUT2D eigenvalue weighted by Crippen LogP contribution is -2.59. The van der Waals surface area contributed by atoms with Crippen molar-refractivity contribution in [2.75, 3.05) is 33.2 Å². The molecule has 284 valence electrons. The van der Waals surface area contributed by atoms with Gasteiger partial charge in [0.1, 0.15) is 23.4 Å². The van der Waals surface area contributed by atoms with Gasteiger partial charge in [-0.25, -0.2) is 13.4 Å². The SMILES string of the molecule is C=C[C@@H]1C[C@@]1(C(=O)NS(=O)(=O)C1CC1)N1C[C@H](Oc2nccc3cc(OC)ccc23)C[C@H]1C(=O)NC(=O)[C@@H](Nc1nc(OC)nc(OC)n1)C(C)(C)C. The number of nitrogens with one attached hydrogen (secondary N) is 3. The van der Waals surface area contributed by atoms with E-state index in [1.54, 1.807) is 51.1 Å². The first-order chi connectivity index (χ1) is 25.1. The van der Waals surface area contributed by atoms with Gasteiger partial charge in [0, 0.05) is 30.5 Å². The molecule has 0 unspecified atom stereocenters. The standard InChI is InChI=1S/C35H44N8O9S/c1-8-20-17-35(20,30(46)42-53(47,48)23-10-11-23)43-18-22(52-29-24-12-9-21(49-5)15-19(24)13-14-36-29)16-25(43)27(44)38-28(45)26(34(2,3)4)37-31-39-32(50-6)41-33(40-31)51-7/h8-9,12-15,20,22-23,25-26H,1,10-11,16-18H2,2-7H3,(H,42,46)(H,38,44,45)(H,37,39,40,41)/t20-,22-,25+,26-,35-/m1/s1. The fourth-order valence-corrected chi connectivity index (χ4v) is 8.06. The largest absolute Gasteiger partial charge is 0.497 e. The molecule has 18 heteroatoms. The zero-order chi connectivity index (χ0) is 38.3. The van der Waals surface area contributed by atoms with Crippen molar-refractivity contribution < 1.29 is 41.7 Å². The number of carbonyl (C=O) groups is 3. The number of nitrogens with zero attached hydrogens (tertiary/aromatic N) is 5. The molecule has 1 saturated heterocycles.